The highest BCUT2D eigenvalue weighted by atomic mass is 35.5. The molecule has 0 saturated carbocycles. The van der Waals surface area contributed by atoms with E-state index in [1.54, 1.807) is 6.07 Å². The fraction of sp³-hybridized carbons (Fsp3) is 0.571. The molecule has 0 aliphatic carbocycles. The molecule has 1 aliphatic heterocycles. The summed E-state index contributed by atoms with van der Waals surface area (Å²) in [6.45, 7) is 5.01. The van der Waals surface area contributed by atoms with Gasteiger partial charge in [-0.2, -0.15) is 0 Å². The third kappa shape index (κ3) is 2.80. The van der Waals surface area contributed by atoms with Gasteiger partial charge in [-0.1, -0.05) is 18.0 Å². The first-order valence-electron chi connectivity index (χ1n) is 6.27. The Hall–Kier alpha value is -0.600. The van der Waals surface area contributed by atoms with Crippen LogP contribution < -0.4 is 5.32 Å². The molecule has 3 heteroatoms. The van der Waals surface area contributed by atoms with Crippen molar-refractivity contribution in [3.05, 3.63) is 33.6 Å². The van der Waals surface area contributed by atoms with Gasteiger partial charge in [-0.3, -0.25) is 0 Å². The van der Waals surface area contributed by atoms with E-state index in [4.69, 9.17) is 11.6 Å². The van der Waals surface area contributed by atoms with Crippen molar-refractivity contribution >= 4 is 11.6 Å². The number of aryl methyl sites for hydroxylation is 1. The van der Waals surface area contributed by atoms with E-state index < -0.39 is 0 Å². The zero-order valence-electron chi connectivity index (χ0n) is 10.4. The molecule has 2 rings (SSSR count). The van der Waals surface area contributed by atoms with Crippen LogP contribution in [-0.4, -0.2) is 12.6 Å². The van der Waals surface area contributed by atoms with Crippen LogP contribution in [0.3, 0.4) is 0 Å². The fourth-order valence-corrected chi connectivity index (χ4v) is 2.77. The summed E-state index contributed by atoms with van der Waals surface area (Å²) < 4.78 is 14.0. The van der Waals surface area contributed by atoms with E-state index in [9.17, 15) is 4.39 Å². The van der Waals surface area contributed by atoms with Gasteiger partial charge in [0.25, 0.3) is 0 Å². The van der Waals surface area contributed by atoms with Crippen molar-refractivity contribution in [2.45, 2.75) is 45.6 Å². The van der Waals surface area contributed by atoms with E-state index >= 15 is 0 Å². The summed E-state index contributed by atoms with van der Waals surface area (Å²) >= 11 is 5.91. The third-order valence-electron chi connectivity index (χ3n) is 3.72. The first-order chi connectivity index (χ1) is 8.09. The van der Waals surface area contributed by atoms with Gasteiger partial charge in [-0.25, -0.2) is 4.39 Å². The molecule has 1 unspecified atom stereocenters. The van der Waals surface area contributed by atoms with Crippen LogP contribution in [0.25, 0.3) is 0 Å². The zero-order valence-corrected chi connectivity index (χ0v) is 11.2. The van der Waals surface area contributed by atoms with Gasteiger partial charge in [-0.15, -0.1) is 0 Å². The first-order valence-corrected chi connectivity index (χ1v) is 6.65. The molecule has 94 valence electrons. The minimum atomic E-state index is -0.234. The molecule has 1 aromatic rings. The summed E-state index contributed by atoms with van der Waals surface area (Å²) in [6.07, 6.45) is 4.34. The fourth-order valence-electron chi connectivity index (χ4n) is 2.50. The van der Waals surface area contributed by atoms with E-state index in [1.807, 2.05) is 13.8 Å². The lowest BCUT2D eigenvalue weighted by molar-refractivity contribution is 0.394. The molecule has 1 fully saturated rings. The second-order valence-electron chi connectivity index (χ2n) is 4.94. The zero-order chi connectivity index (χ0) is 12.4. The number of halogens is 2. The molecule has 0 spiro atoms. The summed E-state index contributed by atoms with van der Waals surface area (Å²) in [5, 5.41) is 3.70. The third-order valence-corrected chi connectivity index (χ3v) is 4.00. The van der Waals surface area contributed by atoms with Crippen LogP contribution in [0.2, 0.25) is 5.02 Å². The minimum Gasteiger partial charge on any atom is -0.314 e. The van der Waals surface area contributed by atoms with Crippen molar-refractivity contribution in [3.63, 3.8) is 0 Å². The van der Waals surface area contributed by atoms with Gasteiger partial charge in [0.2, 0.25) is 0 Å². The number of hydrogen-bond acceptors (Lipinski definition) is 1. The normalized spacial score (nSPS) is 20.6. The molecule has 1 atom stereocenters. The van der Waals surface area contributed by atoms with E-state index in [-0.39, 0.29) is 10.8 Å². The summed E-state index contributed by atoms with van der Waals surface area (Å²) in [5.41, 5.74) is 2.90. The Balaban J connectivity index is 2.24. The van der Waals surface area contributed by atoms with Crippen LogP contribution in [0.4, 0.5) is 4.39 Å². The second kappa shape index (κ2) is 5.36. The Morgan fingerprint density at radius 2 is 2.18 bits per heavy atom. The van der Waals surface area contributed by atoms with Crippen LogP contribution in [0.5, 0.6) is 0 Å². The van der Waals surface area contributed by atoms with Crippen LogP contribution in [0.1, 0.15) is 36.0 Å². The highest BCUT2D eigenvalue weighted by molar-refractivity contribution is 6.30. The summed E-state index contributed by atoms with van der Waals surface area (Å²) in [6, 6.07) is 2.11. The maximum absolute atomic E-state index is 14.0. The highest BCUT2D eigenvalue weighted by Crippen LogP contribution is 2.27. The number of nitrogens with one attached hydrogen (secondary N) is 1. The molecule has 1 N–H and O–H groups in total. The average molecular weight is 256 g/mol. The Morgan fingerprint density at radius 1 is 1.41 bits per heavy atom. The molecular weight excluding hydrogens is 237 g/mol. The molecule has 1 heterocycles. The quantitative estimate of drug-likeness (QED) is 0.848. The molecule has 0 amide bonds. The van der Waals surface area contributed by atoms with Crippen LogP contribution in [0.15, 0.2) is 6.07 Å². The molecule has 1 nitrogen and oxygen atoms in total. The first kappa shape index (κ1) is 12.8. The topological polar surface area (TPSA) is 12.0 Å². The van der Waals surface area contributed by atoms with E-state index in [0.717, 1.165) is 36.1 Å². The monoisotopic (exact) mass is 255 g/mol. The van der Waals surface area contributed by atoms with Crippen molar-refractivity contribution in [1.82, 2.24) is 5.32 Å². The van der Waals surface area contributed by atoms with E-state index in [0.29, 0.717) is 6.04 Å². The van der Waals surface area contributed by atoms with Gasteiger partial charge in [0, 0.05) is 6.04 Å². The largest absolute Gasteiger partial charge is 0.314 e. The van der Waals surface area contributed by atoms with Gasteiger partial charge in [0.15, 0.2) is 0 Å². The molecule has 1 aliphatic rings. The van der Waals surface area contributed by atoms with Crippen LogP contribution in [0, 0.1) is 19.7 Å². The van der Waals surface area contributed by atoms with Gasteiger partial charge >= 0.3 is 0 Å². The lowest BCUT2D eigenvalue weighted by atomic mass is 9.93. The van der Waals surface area contributed by atoms with Gasteiger partial charge < -0.3 is 5.32 Å². The van der Waals surface area contributed by atoms with Crippen LogP contribution >= 0.6 is 11.6 Å². The predicted octanol–water partition coefficient (Wildman–Crippen LogP) is 3.78. The standard InChI is InChI=1S/C14H19ClFN/c1-9-7-13(15)14(16)12(10(9)2)8-11-5-3-4-6-17-11/h7,11,17H,3-6,8H2,1-2H3. The lowest BCUT2D eigenvalue weighted by Crippen LogP contribution is -2.36. The molecule has 0 radical (unpaired) electrons. The predicted molar refractivity (Wildman–Crippen MR) is 70.2 cm³/mol. The van der Waals surface area contributed by atoms with Crippen molar-refractivity contribution in [2.75, 3.05) is 6.54 Å². The second-order valence-corrected chi connectivity index (χ2v) is 5.35. The lowest BCUT2D eigenvalue weighted by Gasteiger charge is -2.25. The van der Waals surface area contributed by atoms with Gasteiger partial charge in [-0.05, 0) is 62.4 Å². The van der Waals surface area contributed by atoms with Gasteiger partial charge in [0.05, 0.1) is 5.02 Å². The van der Waals surface area contributed by atoms with Crippen molar-refractivity contribution in [2.24, 2.45) is 0 Å². The Labute approximate surface area is 107 Å². The summed E-state index contributed by atoms with van der Waals surface area (Å²) in [4.78, 5) is 0. The minimum absolute atomic E-state index is 0.234. The Kier molecular flexibility index (Phi) is 4.05. The number of benzene rings is 1. The van der Waals surface area contributed by atoms with Crippen molar-refractivity contribution < 1.29 is 4.39 Å². The molecule has 1 saturated heterocycles. The molecule has 0 bridgehead atoms. The average Bonchev–Trinajstić information content (AvgIpc) is 2.33. The molecule has 17 heavy (non-hydrogen) atoms. The Bertz CT molecular complexity index is 385. The molecule has 0 aromatic heterocycles. The molecular formula is C14H19ClFN. The van der Waals surface area contributed by atoms with Crippen molar-refractivity contribution in [1.29, 1.82) is 0 Å². The smallest absolute Gasteiger partial charge is 0.145 e. The van der Waals surface area contributed by atoms with E-state index in [2.05, 4.69) is 5.32 Å². The highest BCUT2D eigenvalue weighted by Gasteiger charge is 2.19. The molecule has 1 aromatic carbocycles. The SMILES string of the molecule is Cc1cc(Cl)c(F)c(CC2CCCCN2)c1C. The maximum atomic E-state index is 14.0. The van der Waals surface area contributed by atoms with Gasteiger partial charge in [0.1, 0.15) is 5.82 Å². The van der Waals surface area contributed by atoms with E-state index in [1.165, 1.54) is 12.8 Å². The number of piperidine rings is 1. The van der Waals surface area contributed by atoms with Crippen molar-refractivity contribution in [3.8, 4) is 0 Å². The summed E-state index contributed by atoms with van der Waals surface area (Å²) in [7, 11) is 0. The number of rotatable bonds is 2. The maximum Gasteiger partial charge on any atom is 0.145 e. The Morgan fingerprint density at radius 3 is 2.82 bits per heavy atom. The number of hydrogen-bond donors (Lipinski definition) is 1. The summed E-state index contributed by atoms with van der Waals surface area (Å²) in [5.74, 6) is -0.234. The van der Waals surface area contributed by atoms with Crippen LogP contribution in [-0.2, 0) is 6.42 Å².